The molecule has 1 fully saturated rings. The molecule has 1 atom stereocenters. The molecule has 1 aromatic rings. The molecule has 1 aliphatic rings. The molecule has 0 spiro atoms. The highest BCUT2D eigenvalue weighted by Gasteiger charge is 2.26. The van der Waals surface area contributed by atoms with E-state index in [-0.39, 0.29) is 5.69 Å². The van der Waals surface area contributed by atoms with Crippen LogP contribution in [0.3, 0.4) is 0 Å². The van der Waals surface area contributed by atoms with Crippen molar-refractivity contribution < 1.29 is 9.90 Å². The largest absolute Gasteiger partial charge is 0.476 e. The molecule has 1 unspecified atom stereocenters. The van der Waals surface area contributed by atoms with Crippen LogP contribution in [0.25, 0.3) is 0 Å². The topological polar surface area (TPSA) is 66.3 Å². The van der Waals surface area contributed by atoms with Gasteiger partial charge in [0.25, 0.3) is 0 Å². The summed E-state index contributed by atoms with van der Waals surface area (Å²) in [5.74, 6) is -0.521. The highest BCUT2D eigenvalue weighted by Crippen LogP contribution is 2.25. The van der Waals surface area contributed by atoms with Gasteiger partial charge in [0, 0.05) is 25.0 Å². The monoisotopic (exact) mass is 207 g/mol. The summed E-state index contributed by atoms with van der Waals surface area (Å²) >= 11 is 0. The minimum Gasteiger partial charge on any atom is -0.476 e. The van der Waals surface area contributed by atoms with Gasteiger partial charge in [0.1, 0.15) is 0 Å². The van der Waals surface area contributed by atoms with Crippen LogP contribution in [-0.2, 0) is 0 Å². The van der Waals surface area contributed by atoms with Crippen molar-refractivity contribution >= 4 is 11.8 Å². The molecule has 0 aromatic carbocycles. The fourth-order valence-electron chi connectivity index (χ4n) is 1.94. The fraction of sp³-hybridized carbons (Fsp3) is 0.500. The second-order valence-electron chi connectivity index (χ2n) is 3.72. The Morgan fingerprint density at radius 3 is 2.87 bits per heavy atom. The second-order valence-corrected chi connectivity index (χ2v) is 3.72. The van der Waals surface area contributed by atoms with Crippen molar-refractivity contribution in [2.24, 2.45) is 0 Å². The Bertz CT molecular complexity index is 381. The van der Waals surface area contributed by atoms with Crippen LogP contribution in [0.1, 0.15) is 30.3 Å². The molecule has 0 saturated carbocycles. The van der Waals surface area contributed by atoms with Gasteiger partial charge in [-0.05, 0) is 19.8 Å². The van der Waals surface area contributed by atoms with Crippen molar-refractivity contribution in [3.8, 4) is 0 Å². The van der Waals surface area contributed by atoms with Crippen LogP contribution in [-0.4, -0.2) is 33.6 Å². The van der Waals surface area contributed by atoms with E-state index in [2.05, 4.69) is 16.9 Å². The average molecular weight is 207 g/mol. The van der Waals surface area contributed by atoms with E-state index in [0.29, 0.717) is 11.9 Å². The number of anilines is 1. The predicted molar refractivity (Wildman–Crippen MR) is 55.0 cm³/mol. The lowest BCUT2D eigenvalue weighted by molar-refractivity contribution is 0.0690. The SMILES string of the molecule is CC1CCCN1c1nccnc1C(=O)O. The van der Waals surface area contributed by atoms with Crippen molar-refractivity contribution in [1.29, 1.82) is 0 Å². The molecule has 0 aliphatic carbocycles. The van der Waals surface area contributed by atoms with Crippen LogP contribution in [0.4, 0.5) is 5.82 Å². The van der Waals surface area contributed by atoms with E-state index in [1.807, 2.05) is 4.90 Å². The molecule has 1 aliphatic heterocycles. The van der Waals surface area contributed by atoms with Crippen molar-refractivity contribution in [3.63, 3.8) is 0 Å². The van der Waals surface area contributed by atoms with Crippen LogP contribution in [0.2, 0.25) is 0 Å². The van der Waals surface area contributed by atoms with E-state index >= 15 is 0 Å². The quantitative estimate of drug-likeness (QED) is 0.788. The Balaban J connectivity index is 2.38. The highest BCUT2D eigenvalue weighted by atomic mass is 16.4. The minimum atomic E-state index is -1.02. The third-order valence-electron chi connectivity index (χ3n) is 2.71. The van der Waals surface area contributed by atoms with Gasteiger partial charge in [0.05, 0.1) is 0 Å². The van der Waals surface area contributed by atoms with Crippen molar-refractivity contribution in [2.45, 2.75) is 25.8 Å². The van der Waals surface area contributed by atoms with E-state index in [4.69, 9.17) is 5.11 Å². The summed E-state index contributed by atoms with van der Waals surface area (Å²) in [6, 6.07) is 0.347. The fourth-order valence-corrected chi connectivity index (χ4v) is 1.94. The first-order valence-corrected chi connectivity index (χ1v) is 5.01. The number of hydrogen-bond donors (Lipinski definition) is 1. The molecule has 5 nitrogen and oxygen atoms in total. The summed E-state index contributed by atoms with van der Waals surface area (Å²) in [6.07, 6.45) is 5.10. The molecule has 0 bridgehead atoms. The van der Waals surface area contributed by atoms with Crippen LogP contribution >= 0.6 is 0 Å². The molecule has 5 heteroatoms. The first kappa shape index (κ1) is 9.89. The molecular formula is C10H13N3O2. The number of carboxylic acid groups (broad SMARTS) is 1. The van der Waals surface area contributed by atoms with E-state index in [0.717, 1.165) is 19.4 Å². The van der Waals surface area contributed by atoms with Crippen LogP contribution in [0.5, 0.6) is 0 Å². The lowest BCUT2D eigenvalue weighted by atomic mass is 10.2. The molecular weight excluding hydrogens is 194 g/mol. The van der Waals surface area contributed by atoms with Gasteiger partial charge in [0.2, 0.25) is 0 Å². The first-order valence-electron chi connectivity index (χ1n) is 5.01. The molecule has 2 rings (SSSR count). The number of nitrogens with zero attached hydrogens (tertiary/aromatic N) is 3. The maximum atomic E-state index is 11.0. The summed E-state index contributed by atoms with van der Waals surface area (Å²) in [7, 11) is 0. The van der Waals surface area contributed by atoms with E-state index in [1.54, 1.807) is 0 Å². The minimum absolute atomic E-state index is 0.0475. The van der Waals surface area contributed by atoms with E-state index < -0.39 is 5.97 Å². The lowest BCUT2D eigenvalue weighted by Crippen LogP contribution is -2.29. The molecule has 0 radical (unpaired) electrons. The van der Waals surface area contributed by atoms with Gasteiger partial charge in [-0.3, -0.25) is 0 Å². The van der Waals surface area contributed by atoms with Gasteiger partial charge in [-0.1, -0.05) is 0 Å². The number of carbonyl (C=O) groups is 1. The third-order valence-corrected chi connectivity index (χ3v) is 2.71. The highest BCUT2D eigenvalue weighted by molar-refractivity contribution is 5.91. The predicted octanol–water partition coefficient (Wildman–Crippen LogP) is 1.16. The van der Waals surface area contributed by atoms with Gasteiger partial charge in [0.15, 0.2) is 11.5 Å². The van der Waals surface area contributed by atoms with E-state index in [1.165, 1.54) is 12.4 Å². The average Bonchev–Trinajstić information content (AvgIpc) is 2.64. The normalized spacial score (nSPS) is 20.6. The summed E-state index contributed by atoms with van der Waals surface area (Å²) in [6.45, 7) is 2.94. The summed E-state index contributed by atoms with van der Waals surface area (Å²) in [5, 5.41) is 8.98. The summed E-state index contributed by atoms with van der Waals surface area (Å²) in [4.78, 5) is 20.9. The maximum Gasteiger partial charge on any atom is 0.358 e. The zero-order chi connectivity index (χ0) is 10.8. The lowest BCUT2D eigenvalue weighted by Gasteiger charge is -2.22. The van der Waals surface area contributed by atoms with Crippen molar-refractivity contribution in [1.82, 2.24) is 9.97 Å². The Labute approximate surface area is 87.8 Å². The number of rotatable bonds is 2. The summed E-state index contributed by atoms with van der Waals surface area (Å²) in [5.41, 5.74) is 0.0475. The molecule has 2 heterocycles. The van der Waals surface area contributed by atoms with Crippen LogP contribution in [0, 0.1) is 0 Å². The molecule has 1 N–H and O–H groups in total. The van der Waals surface area contributed by atoms with Crippen LogP contribution < -0.4 is 4.90 Å². The van der Waals surface area contributed by atoms with Gasteiger partial charge in [-0.15, -0.1) is 0 Å². The maximum absolute atomic E-state index is 11.0. The van der Waals surface area contributed by atoms with Crippen molar-refractivity contribution in [3.05, 3.63) is 18.1 Å². The smallest absolute Gasteiger partial charge is 0.358 e. The standard InChI is InChI=1S/C10H13N3O2/c1-7-3-2-6-13(7)9-8(10(14)15)11-4-5-12-9/h4-5,7H,2-3,6H2,1H3,(H,14,15). The van der Waals surface area contributed by atoms with Gasteiger partial charge in [-0.2, -0.15) is 0 Å². The Morgan fingerprint density at radius 2 is 2.27 bits per heavy atom. The second kappa shape index (κ2) is 3.84. The van der Waals surface area contributed by atoms with Gasteiger partial charge in [-0.25, -0.2) is 14.8 Å². The van der Waals surface area contributed by atoms with Gasteiger partial charge < -0.3 is 10.0 Å². The first-order chi connectivity index (χ1) is 7.20. The Hall–Kier alpha value is -1.65. The molecule has 80 valence electrons. The molecule has 1 aromatic heterocycles. The number of aromatic nitrogens is 2. The van der Waals surface area contributed by atoms with Crippen LogP contribution in [0.15, 0.2) is 12.4 Å². The zero-order valence-corrected chi connectivity index (χ0v) is 8.55. The molecule has 1 saturated heterocycles. The Kier molecular flexibility index (Phi) is 2.53. The van der Waals surface area contributed by atoms with Crippen molar-refractivity contribution in [2.75, 3.05) is 11.4 Å². The van der Waals surface area contributed by atoms with Gasteiger partial charge >= 0.3 is 5.97 Å². The third kappa shape index (κ3) is 1.77. The number of aromatic carboxylic acids is 1. The number of carboxylic acids is 1. The zero-order valence-electron chi connectivity index (χ0n) is 8.55. The number of hydrogen-bond acceptors (Lipinski definition) is 4. The molecule has 0 amide bonds. The molecule has 15 heavy (non-hydrogen) atoms. The Morgan fingerprint density at radius 1 is 1.53 bits per heavy atom. The summed E-state index contributed by atoms with van der Waals surface area (Å²) < 4.78 is 0. The van der Waals surface area contributed by atoms with E-state index in [9.17, 15) is 4.79 Å².